The summed E-state index contributed by atoms with van der Waals surface area (Å²) in [5, 5.41) is 0. The first kappa shape index (κ1) is 14.4. The van der Waals surface area contributed by atoms with Gasteiger partial charge in [0.2, 0.25) is 0 Å². The summed E-state index contributed by atoms with van der Waals surface area (Å²) in [5.74, 6) is -1.27. The maximum Gasteiger partial charge on any atom is 0.261 e. The molecule has 0 aliphatic carbocycles. The van der Waals surface area contributed by atoms with Crippen LogP contribution in [0, 0.1) is 5.82 Å². The van der Waals surface area contributed by atoms with Gasteiger partial charge in [-0.2, -0.15) is 0 Å². The molecule has 2 N–H and O–H groups in total. The molecule has 1 atom stereocenters. The number of halogens is 1. The molecule has 22 heavy (non-hydrogen) atoms. The molecule has 2 amide bonds. The second-order valence-corrected chi connectivity index (χ2v) is 5.34. The van der Waals surface area contributed by atoms with Crippen molar-refractivity contribution in [3.8, 4) is 0 Å². The van der Waals surface area contributed by atoms with Crippen molar-refractivity contribution in [2.45, 2.75) is 19.5 Å². The largest absolute Gasteiger partial charge is 0.324 e. The molecule has 4 nitrogen and oxygen atoms in total. The molecular formula is C17H15FN2O2. The van der Waals surface area contributed by atoms with Gasteiger partial charge in [-0.3, -0.25) is 14.5 Å². The van der Waals surface area contributed by atoms with Crippen molar-refractivity contribution in [3.63, 3.8) is 0 Å². The van der Waals surface area contributed by atoms with Gasteiger partial charge in [0, 0.05) is 11.6 Å². The number of rotatable bonds is 3. The second kappa shape index (κ2) is 5.35. The number of benzene rings is 2. The van der Waals surface area contributed by atoms with Gasteiger partial charge < -0.3 is 5.73 Å². The van der Waals surface area contributed by atoms with Crippen molar-refractivity contribution in [1.29, 1.82) is 0 Å². The number of amides is 2. The lowest BCUT2D eigenvalue weighted by molar-refractivity contribution is 0.0640. The smallest absolute Gasteiger partial charge is 0.261 e. The number of fused-ring (bicyclic) bond motifs is 1. The summed E-state index contributed by atoms with van der Waals surface area (Å²) in [7, 11) is 0. The Morgan fingerprint density at radius 1 is 1.05 bits per heavy atom. The van der Waals surface area contributed by atoms with Crippen LogP contribution in [-0.4, -0.2) is 16.7 Å². The summed E-state index contributed by atoms with van der Waals surface area (Å²) in [6.45, 7) is 1.62. The Labute approximate surface area is 127 Å². The first-order valence-corrected chi connectivity index (χ1v) is 6.98. The topological polar surface area (TPSA) is 63.4 Å². The van der Waals surface area contributed by atoms with Crippen LogP contribution in [0.15, 0.2) is 42.5 Å². The molecule has 0 spiro atoms. The van der Waals surface area contributed by atoms with E-state index in [1.807, 2.05) is 0 Å². The minimum atomic E-state index is -0.466. The minimum absolute atomic E-state index is 0.115. The fourth-order valence-electron chi connectivity index (χ4n) is 2.71. The molecule has 0 fully saturated rings. The van der Waals surface area contributed by atoms with E-state index in [4.69, 9.17) is 5.73 Å². The van der Waals surface area contributed by atoms with Crippen molar-refractivity contribution in [2.24, 2.45) is 5.73 Å². The second-order valence-electron chi connectivity index (χ2n) is 5.34. The van der Waals surface area contributed by atoms with E-state index in [1.54, 1.807) is 43.3 Å². The summed E-state index contributed by atoms with van der Waals surface area (Å²) in [6.07, 6.45) is 0. The third-order valence-corrected chi connectivity index (χ3v) is 3.84. The molecule has 5 heteroatoms. The molecule has 2 aromatic rings. The Balaban J connectivity index is 2.00. The molecule has 1 heterocycles. The lowest BCUT2D eigenvalue weighted by atomic mass is 10.0. The van der Waals surface area contributed by atoms with E-state index in [0.29, 0.717) is 16.7 Å². The highest BCUT2D eigenvalue weighted by Gasteiger charge is 2.35. The van der Waals surface area contributed by atoms with Gasteiger partial charge in [0.05, 0.1) is 17.7 Å². The Morgan fingerprint density at radius 2 is 1.64 bits per heavy atom. The summed E-state index contributed by atoms with van der Waals surface area (Å²) < 4.78 is 14.1. The van der Waals surface area contributed by atoms with Crippen molar-refractivity contribution < 1.29 is 14.0 Å². The average Bonchev–Trinajstić information content (AvgIpc) is 2.74. The molecule has 0 radical (unpaired) electrons. The van der Waals surface area contributed by atoms with Crippen LogP contribution in [-0.2, 0) is 6.54 Å². The van der Waals surface area contributed by atoms with Crippen molar-refractivity contribution in [3.05, 3.63) is 70.5 Å². The van der Waals surface area contributed by atoms with Gasteiger partial charge in [-0.1, -0.05) is 24.3 Å². The van der Waals surface area contributed by atoms with Crippen LogP contribution in [0.4, 0.5) is 4.39 Å². The third-order valence-electron chi connectivity index (χ3n) is 3.84. The van der Waals surface area contributed by atoms with E-state index in [9.17, 15) is 14.0 Å². The van der Waals surface area contributed by atoms with Crippen LogP contribution in [0.5, 0.6) is 0 Å². The monoisotopic (exact) mass is 298 g/mol. The Hall–Kier alpha value is -2.53. The van der Waals surface area contributed by atoms with Crippen molar-refractivity contribution >= 4 is 11.8 Å². The predicted octanol–water partition coefficient (Wildman–Crippen LogP) is 2.64. The van der Waals surface area contributed by atoms with Gasteiger partial charge in [0.15, 0.2) is 0 Å². The predicted molar refractivity (Wildman–Crippen MR) is 79.6 cm³/mol. The normalized spacial score (nSPS) is 15.1. The van der Waals surface area contributed by atoms with Gasteiger partial charge in [0.25, 0.3) is 11.8 Å². The molecule has 1 aliphatic rings. The first-order valence-electron chi connectivity index (χ1n) is 6.98. The van der Waals surface area contributed by atoms with E-state index in [1.165, 1.54) is 6.07 Å². The van der Waals surface area contributed by atoms with Crippen LogP contribution < -0.4 is 5.73 Å². The summed E-state index contributed by atoms with van der Waals surface area (Å²) in [6, 6.07) is 10.8. The van der Waals surface area contributed by atoms with E-state index in [0.717, 1.165) is 4.90 Å². The molecule has 2 aromatic carbocycles. The van der Waals surface area contributed by atoms with E-state index < -0.39 is 17.6 Å². The SMILES string of the molecule is C[C@@H](N)c1cccc(F)c1CN1C(=O)c2ccccc2C1=O. The molecule has 112 valence electrons. The van der Waals surface area contributed by atoms with Gasteiger partial charge in [-0.05, 0) is 30.7 Å². The van der Waals surface area contributed by atoms with Crippen LogP contribution in [0.1, 0.15) is 44.8 Å². The maximum atomic E-state index is 14.1. The van der Waals surface area contributed by atoms with Crippen molar-refractivity contribution in [1.82, 2.24) is 4.90 Å². The lowest BCUT2D eigenvalue weighted by Crippen LogP contribution is -2.30. The maximum absolute atomic E-state index is 14.1. The number of carbonyl (C=O) groups is 2. The number of imide groups is 1. The van der Waals surface area contributed by atoms with E-state index in [2.05, 4.69) is 0 Å². The van der Waals surface area contributed by atoms with Crippen LogP contribution in [0.3, 0.4) is 0 Å². The van der Waals surface area contributed by atoms with E-state index in [-0.39, 0.29) is 18.2 Å². The molecule has 3 rings (SSSR count). The zero-order valence-corrected chi connectivity index (χ0v) is 12.0. The minimum Gasteiger partial charge on any atom is -0.324 e. The first-order chi connectivity index (χ1) is 10.5. The zero-order valence-electron chi connectivity index (χ0n) is 12.0. The van der Waals surface area contributed by atoms with Gasteiger partial charge >= 0.3 is 0 Å². The number of hydrogen-bond acceptors (Lipinski definition) is 3. The zero-order chi connectivity index (χ0) is 15.9. The van der Waals surface area contributed by atoms with Crippen LogP contribution in [0.25, 0.3) is 0 Å². The highest BCUT2D eigenvalue weighted by Crippen LogP contribution is 2.27. The van der Waals surface area contributed by atoms with Crippen LogP contribution >= 0.6 is 0 Å². The molecule has 0 unspecified atom stereocenters. The lowest BCUT2D eigenvalue weighted by Gasteiger charge is -2.19. The van der Waals surface area contributed by atoms with Gasteiger partial charge in [0.1, 0.15) is 5.82 Å². The Bertz CT molecular complexity index is 736. The number of nitrogens with two attached hydrogens (primary N) is 1. The number of nitrogens with zero attached hydrogens (tertiary/aromatic N) is 1. The molecule has 1 aliphatic heterocycles. The quantitative estimate of drug-likeness (QED) is 0.886. The highest BCUT2D eigenvalue weighted by molar-refractivity contribution is 6.21. The summed E-state index contributed by atoms with van der Waals surface area (Å²) in [5.41, 5.74) is 7.44. The third kappa shape index (κ3) is 2.19. The molecular weight excluding hydrogens is 283 g/mol. The molecule has 0 aromatic heterocycles. The van der Waals surface area contributed by atoms with Crippen molar-refractivity contribution in [2.75, 3.05) is 0 Å². The Morgan fingerprint density at radius 3 is 2.18 bits per heavy atom. The fraction of sp³-hybridized carbons (Fsp3) is 0.176. The Kier molecular flexibility index (Phi) is 3.50. The average molecular weight is 298 g/mol. The fourth-order valence-corrected chi connectivity index (χ4v) is 2.71. The number of carbonyl (C=O) groups excluding carboxylic acids is 2. The van der Waals surface area contributed by atoms with E-state index >= 15 is 0 Å². The summed E-state index contributed by atoms with van der Waals surface area (Å²) in [4.78, 5) is 25.8. The highest BCUT2D eigenvalue weighted by atomic mass is 19.1. The summed E-state index contributed by atoms with van der Waals surface area (Å²) >= 11 is 0. The molecule has 0 bridgehead atoms. The standard InChI is InChI=1S/C17H15FN2O2/c1-10(19)11-7-4-8-15(18)14(11)9-20-16(21)12-5-2-3-6-13(12)17(20)22/h2-8,10H,9,19H2,1H3/t10-/m1/s1. The van der Waals surface area contributed by atoms with Crippen LogP contribution in [0.2, 0.25) is 0 Å². The van der Waals surface area contributed by atoms with Gasteiger partial charge in [-0.15, -0.1) is 0 Å². The molecule has 0 saturated heterocycles. The number of hydrogen-bond donors (Lipinski definition) is 1. The molecule has 0 saturated carbocycles. The van der Waals surface area contributed by atoms with Gasteiger partial charge in [-0.25, -0.2) is 4.39 Å².